The molecule has 1 amide bonds. The molecule has 1 atom stereocenters. The number of nitrogens with two attached hydrogens (primary N) is 1. The standard InChI is InChI=1S/C26H22F2N4O2/c1-25(2)11-20-22(21(33)12-25)26(15-6-4-5-7-18(15)31(3)24(26)34)16(13-29)23(30)32(20)19-9-8-14(27)10-17(19)28/h4-10H,11-12,30H2,1-3H3. The minimum absolute atomic E-state index is 0.0911. The van der Waals surface area contributed by atoms with Crippen molar-refractivity contribution in [1.29, 1.82) is 5.26 Å². The lowest BCUT2D eigenvalue weighted by Gasteiger charge is -2.46. The highest BCUT2D eigenvalue weighted by atomic mass is 19.1. The SMILES string of the molecule is CN1C(=O)C2(C(C#N)=C(N)N(c3ccc(F)cc3F)C3=C2C(=O)CC(C)(C)C3)c2ccccc21. The average molecular weight is 460 g/mol. The van der Waals surface area contributed by atoms with Gasteiger partial charge in [0.1, 0.15) is 28.9 Å². The number of amides is 1. The maximum absolute atomic E-state index is 15.0. The molecule has 8 heteroatoms. The van der Waals surface area contributed by atoms with E-state index in [1.54, 1.807) is 31.3 Å². The van der Waals surface area contributed by atoms with E-state index >= 15 is 4.39 Å². The number of ketones is 1. The zero-order valence-corrected chi connectivity index (χ0v) is 18.9. The normalized spacial score (nSPS) is 23.4. The van der Waals surface area contributed by atoms with Gasteiger partial charge in [0.15, 0.2) is 5.78 Å². The quantitative estimate of drug-likeness (QED) is 0.694. The van der Waals surface area contributed by atoms with Gasteiger partial charge in [0.05, 0.1) is 11.3 Å². The maximum Gasteiger partial charge on any atom is 0.247 e. The second kappa shape index (κ2) is 7.00. The largest absolute Gasteiger partial charge is 0.384 e. The number of nitrogens with zero attached hydrogens (tertiary/aromatic N) is 3. The Labute approximate surface area is 195 Å². The molecule has 2 heterocycles. The molecule has 2 aromatic rings. The van der Waals surface area contributed by atoms with Gasteiger partial charge in [0.2, 0.25) is 5.91 Å². The van der Waals surface area contributed by atoms with Gasteiger partial charge in [-0.05, 0) is 30.0 Å². The fourth-order valence-electron chi connectivity index (χ4n) is 5.60. The lowest BCUT2D eigenvalue weighted by atomic mass is 9.60. The Kier molecular flexibility index (Phi) is 4.50. The molecular formula is C26H22F2N4O2. The Balaban J connectivity index is 1.93. The van der Waals surface area contributed by atoms with Crippen LogP contribution in [0.4, 0.5) is 20.2 Å². The minimum Gasteiger partial charge on any atom is -0.384 e. The van der Waals surface area contributed by atoms with Crippen molar-refractivity contribution in [3.63, 3.8) is 0 Å². The molecule has 34 heavy (non-hydrogen) atoms. The topological polar surface area (TPSA) is 90.4 Å². The molecule has 0 bridgehead atoms. The van der Waals surface area contributed by atoms with E-state index in [1.165, 1.54) is 15.9 Å². The Hall–Kier alpha value is -3.99. The minimum atomic E-state index is -1.72. The predicted molar refractivity (Wildman–Crippen MR) is 122 cm³/mol. The number of nitriles is 1. The van der Waals surface area contributed by atoms with Gasteiger partial charge in [-0.1, -0.05) is 32.0 Å². The van der Waals surface area contributed by atoms with Crippen LogP contribution in [-0.4, -0.2) is 18.7 Å². The average Bonchev–Trinajstić information content (AvgIpc) is 2.97. The molecule has 2 aromatic carbocycles. The number of Topliss-reactive ketones (excluding diaryl/α,β-unsaturated/α-hetero) is 1. The highest BCUT2D eigenvalue weighted by molar-refractivity contribution is 6.20. The van der Waals surface area contributed by atoms with Crippen LogP contribution < -0.4 is 15.5 Å². The molecule has 3 aliphatic rings. The molecule has 0 saturated carbocycles. The van der Waals surface area contributed by atoms with Crippen LogP contribution in [0.25, 0.3) is 0 Å². The Morgan fingerprint density at radius 3 is 2.44 bits per heavy atom. The number of para-hydroxylation sites is 1. The van der Waals surface area contributed by atoms with Gasteiger partial charge in [0.25, 0.3) is 0 Å². The summed E-state index contributed by atoms with van der Waals surface area (Å²) in [4.78, 5) is 30.4. The molecule has 1 aliphatic carbocycles. The van der Waals surface area contributed by atoms with Crippen LogP contribution in [-0.2, 0) is 15.0 Å². The molecule has 172 valence electrons. The molecule has 6 nitrogen and oxygen atoms in total. The van der Waals surface area contributed by atoms with E-state index in [0.717, 1.165) is 12.1 Å². The number of hydrogen-bond acceptors (Lipinski definition) is 5. The Morgan fingerprint density at radius 2 is 1.76 bits per heavy atom. The van der Waals surface area contributed by atoms with Crippen LogP contribution in [0, 0.1) is 28.4 Å². The van der Waals surface area contributed by atoms with Crippen LogP contribution >= 0.6 is 0 Å². The summed E-state index contributed by atoms with van der Waals surface area (Å²) in [5.74, 6) is -2.59. The highest BCUT2D eigenvalue weighted by Crippen LogP contribution is 2.58. The monoisotopic (exact) mass is 460 g/mol. The molecule has 0 aromatic heterocycles. The summed E-state index contributed by atoms with van der Waals surface area (Å²) >= 11 is 0. The third-order valence-electron chi connectivity index (χ3n) is 6.93. The first-order valence-electron chi connectivity index (χ1n) is 10.8. The van der Waals surface area contributed by atoms with Crippen molar-refractivity contribution in [3.05, 3.63) is 82.3 Å². The molecule has 1 spiro atoms. The first-order valence-corrected chi connectivity index (χ1v) is 10.8. The van der Waals surface area contributed by atoms with E-state index in [2.05, 4.69) is 6.07 Å². The number of carbonyl (C=O) groups excluding carboxylic acids is 2. The van der Waals surface area contributed by atoms with E-state index in [0.29, 0.717) is 23.4 Å². The number of rotatable bonds is 1. The zero-order valence-electron chi connectivity index (χ0n) is 18.9. The summed E-state index contributed by atoms with van der Waals surface area (Å²) in [5.41, 5.74) is 5.60. The van der Waals surface area contributed by atoms with Gasteiger partial charge in [-0.25, -0.2) is 8.78 Å². The Bertz CT molecular complexity index is 1400. The smallest absolute Gasteiger partial charge is 0.247 e. The van der Waals surface area contributed by atoms with Crippen molar-refractivity contribution in [2.45, 2.75) is 32.1 Å². The fourth-order valence-corrected chi connectivity index (χ4v) is 5.60. The third kappa shape index (κ3) is 2.64. The van der Waals surface area contributed by atoms with Crippen LogP contribution in [0.5, 0.6) is 0 Å². The first-order chi connectivity index (χ1) is 16.0. The summed E-state index contributed by atoms with van der Waals surface area (Å²) < 4.78 is 28.7. The maximum atomic E-state index is 15.0. The fraction of sp³-hybridized carbons (Fsp3) is 0.269. The molecule has 0 saturated heterocycles. The van der Waals surface area contributed by atoms with Gasteiger partial charge in [0, 0.05) is 42.1 Å². The molecule has 2 aliphatic heterocycles. The van der Waals surface area contributed by atoms with Gasteiger partial charge in [-0.3, -0.25) is 14.5 Å². The van der Waals surface area contributed by atoms with E-state index in [-0.39, 0.29) is 34.9 Å². The Morgan fingerprint density at radius 1 is 1.06 bits per heavy atom. The summed E-state index contributed by atoms with van der Waals surface area (Å²) in [6.45, 7) is 3.80. The number of allylic oxidation sites excluding steroid dienone is 1. The number of anilines is 2. The molecular weight excluding hydrogens is 438 g/mol. The second-order valence-corrected chi connectivity index (χ2v) is 9.70. The van der Waals surface area contributed by atoms with Crippen molar-refractivity contribution in [2.24, 2.45) is 11.1 Å². The van der Waals surface area contributed by atoms with E-state index in [1.807, 2.05) is 13.8 Å². The lowest BCUT2D eigenvalue weighted by molar-refractivity contribution is -0.124. The zero-order chi connectivity index (χ0) is 24.6. The third-order valence-corrected chi connectivity index (χ3v) is 6.93. The van der Waals surface area contributed by atoms with E-state index in [9.17, 15) is 19.2 Å². The summed E-state index contributed by atoms with van der Waals surface area (Å²) in [6.07, 6.45) is 0.441. The van der Waals surface area contributed by atoms with Crippen LogP contribution in [0.15, 0.2) is 65.1 Å². The van der Waals surface area contributed by atoms with Crippen molar-refractivity contribution < 1.29 is 18.4 Å². The number of hydrogen-bond donors (Lipinski definition) is 1. The number of fused-ring (bicyclic) bond motifs is 3. The van der Waals surface area contributed by atoms with Crippen LogP contribution in [0.2, 0.25) is 0 Å². The lowest BCUT2D eigenvalue weighted by Crippen LogP contribution is -2.53. The molecule has 1 unspecified atom stereocenters. The molecule has 0 fully saturated rings. The van der Waals surface area contributed by atoms with Gasteiger partial charge in [-0.2, -0.15) is 5.26 Å². The summed E-state index contributed by atoms with van der Waals surface area (Å²) in [5, 5.41) is 10.3. The molecule has 5 rings (SSSR count). The predicted octanol–water partition coefficient (Wildman–Crippen LogP) is 4.04. The van der Waals surface area contributed by atoms with Crippen molar-refractivity contribution in [2.75, 3.05) is 16.8 Å². The molecule has 0 radical (unpaired) electrons. The van der Waals surface area contributed by atoms with E-state index in [4.69, 9.17) is 5.73 Å². The van der Waals surface area contributed by atoms with E-state index < -0.39 is 28.4 Å². The van der Waals surface area contributed by atoms with Crippen molar-refractivity contribution in [3.8, 4) is 6.07 Å². The second-order valence-electron chi connectivity index (χ2n) is 9.70. The summed E-state index contributed by atoms with van der Waals surface area (Å²) in [6, 6.07) is 12.1. The van der Waals surface area contributed by atoms with Gasteiger partial charge in [-0.15, -0.1) is 0 Å². The number of likely N-dealkylation sites (N-methyl/N-ethyl adjacent to an activating group) is 1. The van der Waals surface area contributed by atoms with Gasteiger partial charge >= 0.3 is 0 Å². The van der Waals surface area contributed by atoms with Crippen LogP contribution in [0.3, 0.4) is 0 Å². The number of halogens is 2. The van der Waals surface area contributed by atoms with Crippen LogP contribution in [0.1, 0.15) is 32.3 Å². The van der Waals surface area contributed by atoms with Crippen molar-refractivity contribution >= 4 is 23.1 Å². The number of carbonyl (C=O) groups is 2. The molecule has 2 N–H and O–H groups in total. The van der Waals surface area contributed by atoms with Gasteiger partial charge < -0.3 is 10.6 Å². The van der Waals surface area contributed by atoms with Crippen molar-refractivity contribution in [1.82, 2.24) is 0 Å². The number of benzene rings is 2. The first kappa shape index (κ1) is 21.8. The highest BCUT2D eigenvalue weighted by Gasteiger charge is 2.62. The summed E-state index contributed by atoms with van der Waals surface area (Å²) in [7, 11) is 1.59.